The van der Waals surface area contributed by atoms with E-state index in [1.807, 2.05) is 13.8 Å². The third kappa shape index (κ3) is 3.32. The van der Waals surface area contributed by atoms with E-state index in [1.165, 1.54) is 0 Å². The molecule has 6 nitrogen and oxygen atoms in total. The van der Waals surface area contributed by atoms with Crippen LogP contribution in [0.15, 0.2) is 24.3 Å². The zero-order valence-corrected chi connectivity index (χ0v) is 15.5. The topological polar surface area (TPSA) is 86.7 Å². The lowest BCUT2D eigenvalue weighted by Gasteiger charge is -2.28. The van der Waals surface area contributed by atoms with Gasteiger partial charge in [0.05, 0.1) is 5.41 Å². The smallest absolute Gasteiger partial charge is 0.311 e. The molecule has 2 fully saturated rings. The molecule has 1 aliphatic heterocycles. The van der Waals surface area contributed by atoms with E-state index in [2.05, 4.69) is 12.2 Å². The summed E-state index contributed by atoms with van der Waals surface area (Å²) >= 11 is 0. The van der Waals surface area contributed by atoms with E-state index >= 15 is 0 Å². The van der Waals surface area contributed by atoms with Gasteiger partial charge in [-0.15, -0.1) is 0 Å². The van der Waals surface area contributed by atoms with Crippen molar-refractivity contribution in [3.05, 3.63) is 29.8 Å². The Morgan fingerprint density at radius 2 is 1.85 bits per heavy atom. The van der Waals surface area contributed by atoms with Crippen LogP contribution < -0.4 is 5.32 Å². The summed E-state index contributed by atoms with van der Waals surface area (Å²) in [6.45, 7) is 6.51. The number of carboxylic acids is 1. The van der Waals surface area contributed by atoms with Crippen LogP contribution in [0.5, 0.6) is 0 Å². The summed E-state index contributed by atoms with van der Waals surface area (Å²) < 4.78 is 0. The normalized spacial score (nSPS) is 27.5. The van der Waals surface area contributed by atoms with Crippen molar-refractivity contribution in [2.24, 2.45) is 23.2 Å². The monoisotopic (exact) mass is 358 g/mol. The van der Waals surface area contributed by atoms with Crippen LogP contribution in [0.25, 0.3) is 0 Å². The van der Waals surface area contributed by atoms with E-state index in [0.717, 1.165) is 6.42 Å². The Morgan fingerprint density at radius 1 is 1.23 bits per heavy atom. The molecular formula is C20H26N2O4. The molecule has 6 heteroatoms. The van der Waals surface area contributed by atoms with E-state index in [4.69, 9.17) is 0 Å². The molecule has 1 saturated heterocycles. The Kier molecular flexibility index (Phi) is 4.78. The first-order chi connectivity index (χ1) is 12.2. The molecule has 1 aromatic rings. The summed E-state index contributed by atoms with van der Waals surface area (Å²) in [5.74, 6) is -0.473. The van der Waals surface area contributed by atoms with E-state index < -0.39 is 11.4 Å². The molecule has 1 aliphatic carbocycles. The number of aliphatic carboxylic acids is 1. The van der Waals surface area contributed by atoms with Crippen LogP contribution in [0, 0.1) is 23.2 Å². The lowest BCUT2D eigenvalue weighted by atomic mass is 9.76. The standard InChI is InChI=1S/C20H26N2O4/c1-12(2)20(19(25)26)8-9-22(11-20)18(24)14-4-6-15(7-5-14)21-17(23)16-10-13(16)3/h4-7,12-13,16H,8-11H2,1-3H3,(H,21,23)(H,25,26). The molecule has 0 bridgehead atoms. The van der Waals surface area contributed by atoms with Gasteiger partial charge in [-0.05, 0) is 48.9 Å². The van der Waals surface area contributed by atoms with Crippen LogP contribution in [0.1, 0.15) is 44.0 Å². The molecule has 1 saturated carbocycles. The number of anilines is 1. The van der Waals surface area contributed by atoms with Crippen LogP contribution in [-0.2, 0) is 9.59 Å². The van der Waals surface area contributed by atoms with Gasteiger partial charge in [0, 0.05) is 30.3 Å². The number of carbonyl (C=O) groups excluding carboxylic acids is 2. The van der Waals surface area contributed by atoms with Crippen molar-refractivity contribution in [2.75, 3.05) is 18.4 Å². The van der Waals surface area contributed by atoms with Crippen molar-refractivity contribution in [2.45, 2.75) is 33.6 Å². The molecule has 3 unspecified atom stereocenters. The fourth-order valence-electron chi connectivity index (χ4n) is 3.70. The number of carbonyl (C=O) groups is 3. The van der Waals surface area contributed by atoms with Gasteiger partial charge in [0.1, 0.15) is 0 Å². The maximum atomic E-state index is 12.7. The van der Waals surface area contributed by atoms with Crippen LogP contribution in [0.3, 0.4) is 0 Å². The van der Waals surface area contributed by atoms with Gasteiger partial charge in [-0.2, -0.15) is 0 Å². The third-order valence-electron chi connectivity index (χ3n) is 5.96. The number of hydrogen-bond acceptors (Lipinski definition) is 3. The van der Waals surface area contributed by atoms with Crippen molar-refractivity contribution in [1.82, 2.24) is 4.90 Å². The lowest BCUT2D eigenvalue weighted by molar-refractivity contribution is -0.150. The highest BCUT2D eigenvalue weighted by atomic mass is 16.4. The van der Waals surface area contributed by atoms with Crippen molar-refractivity contribution in [1.29, 1.82) is 0 Å². The number of amides is 2. The number of rotatable bonds is 5. The second-order valence-corrected chi connectivity index (χ2v) is 7.98. The van der Waals surface area contributed by atoms with Gasteiger partial charge < -0.3 is 15.3 Å². The Balaban J connectivity index is 1.65. The Morgan fingerprint density at radius 3 is 2.31 bits per heavy atom. The molecule has 3 atom stereocenters. The van der Waals surface area contributed by atoms with Crippen molar-refractivity contribution in [3.8, 4) is 0 Å². The van der Waals surface area contributed by atoms with E-state index in [1.54, 1.807) is 29.2 Å². The summed E-state index contributed by atoms with van der Waals surface area (Å²) in [4.78, 5) is 38.0. The highest BCUT2D eigenvalue weighted by Crippen LogP contribution is 2.39. The minimum atomic E-state index is -0.871. The summed E-state index contributed by atoms with van der Waals surface area (Å²) in [7, 11) is 0. The Bertz CT molecular complexity index is 728. The maximum Gasteiger partial charge on any atom is 0.311 e. The van der Waals surface area contributed by atoms with Crippen molar-refractivity contribution in [3.63, 3.8) is 0 Å². The fourth-order valence-corrected chi connectivity index (χ4v) is 3.70. The second-order valence-electron chi connectivity index (χ2n) is 7.98. The molecule has 1 aromatic carbocycles. The zero-order chi connectivity index (χ0) is 19.1. The van der Waals surface area contributed by atoms with Gasteiger partial charge >= 0.3 is 5.97 Å². The molecule has 0 aromatic heterocycles. The van der Waals surface area contributed by atoms with Gasteiger partial charge in [-0.25, -0.2) is 0 Å². The lowest BCUT2D eigenvalue weighted by Crippen LogP contribution is -2.40. The fraction of sp³-hybridized carbons (Fsp3) is 0.550. The van der Waals surface area contributed by atoms with Crippen LogP contribution in [0.4, 0.5) is 5.69 Å². The number of nitrogens with zero attached hydrogens (tertiary/aromatic N) is 1. The molecule has 0 spiro atoms. The molecule has 2 aliphatic rings. The SMILES string of the molecule is CC1CC1C(=O)Nc1ccc(C(=O)N2CCC(C(=O)O)(C(C)C)C2)cc1. The van der Waals surface area contributed by atoms with E-state index in [0.29, 0.717) is 30.1 Å². The minimum absolute atomic E-state index is 0.0271. The van der Waals surface area contributed by atoms with Gasteiger partial charge in [-0.3, -0.25) is 14.4 Å². The largest absolute Gasteiger partial charge is 0.481 e. The van der Waals surface area contributed by atoms with Gasteiger partial charge in [0.25, 0.3) is 5.91 Å². The number of benzene rings is 1. The predicted molar refractivity (Wildman–Crippen MR) is 97.8 cm³/mol. The van der Waals surface area contributed by atoms with Crippen LogP contribution >= 0.6 is 0 Å². The van der Waals surface area contributed by atoms with Crippen molar-refractivity contribution < 1.29 is 19.5 Å². The molecule has 1 heterocycles. The first-order valence-corrected chi connectivity index (χ1v) is 9.18. The van der Waals surface area contributed by atoms with E-state index in [9.17, 15) is 19.5 Å². The second kappa shape index (κ2) is 6.74. The summed E-state index contributed by atoms with van der Waals surface area (Å²) in [5, 5.41) is 12.5. The maximum absolute atomic E-state index is 12.7. The van der Waals surface area contributed by atoms with Crippen molar-refractivity contribution >= 4 is 23.5 Å². The molecular weight excluding hydrogens is 332 g/mol. The number of likely N-dealkylation sites (tertiary alicyclic amines) is 1. The molecule has 26 heavy (non-hydrogen) atoms. The first-order valence-electron chi connectivity index (χ1n) is 9.18. The molecule has 3 rings (SSSR count). The Labute approximate surface area is 153 Å². The molecule has 2 amide bonds. The summed E-state index contributed by atoms with van der Waals surface area (Å²) in [6.07, 6.45) is 1.40. The zero-order valence-electron chi connectivity index (χ0n) is 15.5. The number of nitrogens with one attached hydrogen (secondary N) is 1. The highest BCUT2D eigenvalue weighted by molar-refractivity contribution is 5.97. The molecule has 140 valence electrons. The van der Waals surface area contributed by atoms with Gasteiger partial charge in [-0.1, -0.05) is 20.8 Å². The number of carboxylic acid groups (broad SMARTS) is 1. The third-order valence-corrected chi connectivity index (χ3v) is 5.96. The predicted octanol–water partition coefficient (Wildman–Crippen LogP) is 2.85. The van der Waals surface area contributed by atoms with E-state index in [-0.39, 0.29) is 30.2 Å². The first kappa shape index (κ1) is 18.4. The average molecular weight is 358 g/mol. The number of hydrogen-bond donors (Lipinski definition) is 2. The van der Waals surface area contributed by atoms with Gasteiger partial charge in [0.2, 0.25) is 5.91 Å². The highest BCUT2D eigenvalue weighted by Gasteiger charge is 2.48. The minimum Gasteiger partial charge on any atom is -0.481 e. The van der Waals surface area contributed by atoms with Crippen LogP contribution in [0.2, 0.25) is 0 Å². The summed E-state index contributed by atoms with van der Waals surface area (Å²) in [5.41, 5.74) is 0.312. The molecule has 0 radical (unpaired) electrons. The average Bonchev–Trinajstić information content (AvgIpc) is 3.16. The quantitative estimate of drug-likeness (QED) is 0.847. The van der Waals surface area contributed by atoms with Gasteiger partial charge in [0.15, 0.2) is 0 Å². The van der Waals surface area contributed by atoms with Crippen LogP contribution in [-0.4, -0.2) is 40.9 Å². The molecule has 2 N–H and O–H groups in total. The Hall–Kier alpha value is -2.37. The summed E-state index contributed by atoms with van der Waals surface area (Å²) in [6, 6.07) is 6.82.